The number of fused-ring (bicyclic) bond motifs is 1. The van der Waals surface area contributed by atoms with Crippen LogP contribution in [0.25, 0.3) is 21.3 Å². The van der Waals surface area contributed by atoms with Gasteiger partial charge in [-0.05, 0) is 46.5 Å². The zero-order valence-corrected chi connectivity index (χ0v) is 24.2. The van der Waals surface area contributed by atoms with Gasteiger partial charge in [0.15, 0.2) is 9.84 Å². The van der Waals surface area contributed by atoms with E-state index in [9.17, 15) is 21.2 Å². The quantitative estimate of drug-likeness (QED) is 0.239. The fourth-order valence-electron chi connectivity index (χ4n) is 4.40. The number of methoxy groups -OCH3 is 1. The molecule has 0 amide bonds. The number of sulfone groups is 1. The van der Waals surface area contributed by atoms with E-state index in [0.29, 0.717) is 16.8 Å². The minimum atomic E-state index is -4.19. The summed E-state index contributed by atoms with van der Waals surface area (Å²) >= 11 is 1.11. The van der Waals surface area contributed by atoms with Crippen LogP contribution in [0.4, 0.5) is 4.39 Å². The molecular formula is C26H24FN5O6S3. The number of nitrogens with two attached hydrogens (primary N) is 1. The minimum Gasteiger partial charge on any atom is -0.421 e. The lowest BCUT2D eigenvalue weighted by atomic mass is 9.98. The molecule has 0 fully saturated rings. The maximum absolute atomic E-state index is 13.9. The van der Waals surface area contributed by atoms with E-state index < -0.39 is 37.2 Å². The summed E-state index contributed by atoms with van der Waals surface area (Å²) in [6.07, 6.45) is 0.988. The summed E-state index contributed by atoms with van der Waals surface area (Å²) in [6.45, 7) is 0.0193. The second kappa shape index (κ2) is 11.0. The number of thiazole rings is 1. The second-order valence-corrected chi connectivity index (χ2v) is 13.7. The predicted molar refractivity (Wildman–Crippen MR) is 151 cm³/mol. The molecule has 0 aliphatic heterocycles. The van der Waals surface area contributed by atoms with E-state index in [1.807, 2.05) is 41.1 Å². The van der Waals surface area contributed by atoms with Gasteiger partial charge in [0.25, 0.3) is 10.2 Å². The van der Waals surface area contributed by atoms with Crippen molar-refractivity contribution in [3.63, 3.8) is 0 Å². The molecule has 5 rings (SSSR count). The molecule has 15 heteroatoms. The van der Waals surface area contributed by atoms with Crippen molar-refractivity contribution in [3.05, 3.63) is 100 Å². The third-order valence-corrected chi connectivity index (χ3v) is 9.82. The summed E-state index contributed by atoms with van der Waals surface area (Å²) in [5.41, 5.74) is 3.49. The number of ether oxygens (including phenoxy) is 1. The zero-order chi connectivity index (χ0) is 29.4. The standard InChI is InChI=1S/C26H24FN5O6S3/c1-37-15-16-3-5-17(6-4-16)18-7-12-21-22(13-18)39-25(30-21)26(40(2,33)34,19-8-10-20(27)11-9-19)24-32-31-23(38-24)14-29-41(28,35)36/h3-13,29H,14-15H2,1-2H3,(H2,28,35,36). The van der Waals surface area contributed by atoms with E-state index in [4.69, 9.17) is 14.3 Å². The predicted octanol–water partition coefficient (Wildman–Crippen LogP) is 3.26. The van der Waals surface area contributed by atoms with Crippen LogP contribution in [0.5, 0.6) is 0 Å². The monoisotopic (exact) mass is 617 g/mol. The first kappa shape index (κ1) is 28.9. The Kier molecular flexibility index (Phi) is 7.76. The van der Waals surface area contributed by atoms with Gasteiger partial charge in [0.05, 0.1) is 23.4 Å². The maximum atomic E-state index is 13.9. The number of halogens is 1. The first-order chi connectivity index (χ1) is 19.4. The van der Waals surface area contributed by atoms with Gasteiger partial charge in [-0.3, -0.25) is 0 Å². The van der Waals surface area contributed by atoms with Crippen LogP contribution in [0.15, 0.2) is 71.1 Å². The highest BCUT2D eigenvalue weighted by Gasteiger charge is 2.53. The molecule has 0 spiro atoms. The van der Waals surface area contributed by atoms with Gasteiger partial charge in [-0.25, -0.2) is 22.9 Å². The summed E-state index contributed by atoms with van der Waals surface area (Å²) in [5, 5.41) is 12.9. The molecule has 214 valence electrons. The fraction of sp³-hybridized carbons (Fsp3) is 0.192. The van der Waals surface area contributed by atoms with Gasteiger partial charge in [0.1, 0.15) is 10.8 Å². The molecule has 41 heavy (non-hydrogen) atoms. The van der Waals surface area contributed by atoms with E-state index in [1.165, 1.54) is 12.1 Å². The highest BCUT2D eigenvalue weighted by Crippen LogP contribution is 2.46. The lowest BCUT2D eigenvalue weighted by molar-refractivity contribution is 0.185. The van der Waals surface area contributed by atoms with Crippen molar-refractivity contribution in [2.45, 2.75) is 17.9 Å². The Balaban J connectivity index is 1.68. The molecule has 0 radical (unpaired) electrons. The Hall–Kier alpha value is -3.60. The Morgan fingerprint density at radius 3 is 2.32 bits per heavy atom. The molecule has 0 saturated heterocycles. The number of hydrogen-bond donors (Lipinski definition) is 2. The van der Waals surface area contributed by atoms with Crippen LogP contribution in [0.2, 0.25) is 0 Å². The van der Waals surface area contributed by atoms with Crippen LogP contribution in [0, 0.1) is 5.82 Å². The molecule has 0 aliphatic rings. The maximum Gasteiger partial charge on any atom is 0.274 e. The number of hydrogen-bond acceptors (Lipinski definition) is 10. The first-order valence-corrected chi connectivity index (χ1v) is 16.2. The average molecular weight is 618 g/mol. The summed E-state index contributed by atoms with van der Waals surface area (Å²) in [5.74, 6) is -1.19. The lowest BCUT2D eigenvalue weighted by Crippen LogP contribution is -2.38. The molecule has 11 nitrogen and oxygen atoms in total. The molecule has 5 aromatic rings. The van der Waals surface area contributed by atoms with Crippen molar-refractivity contribution in [1.29, 1.82) is 0 Å². The normalized spacial score (nSPS) is 13.9. The summed E-state index contributed by atoms with van der Waals surface area (Å²) < 4.78 is 75.5. The number of rotatable bonds is 10. The Labute approximate surface area is 239 Å². The highest BCUT2D eigenvalue weighted by molar-refractivity contribution is 7.92. The molecular weight excluding hydrogens is 594 g/mol. The Morgan fingerprint density at radius 2 is 1.68 bits per heavy atom. The molecule has 2 heterocycles. The first-order valence-electron chi connectivity index (χ1n) is 12.0. The lowest BCUT2D eigenvalue weighted by Gasteiger charge is -2.26. The molecule has 0 saturated carbocycles. The topological polar surface area (TPSA) is 167 Å². The molecule has 3 N–H and O–H groups in total. The van der Waals surface area contributed by atoms with E-state index >= 15 is 0 Å². The third-order valence-electron chi connectivity index (χ3n) is 6.29. The van der Waals surface area contributed by atoms with Crippen molar-refractivity contribution in [3.8, 4) is 11.1 Å². The number of nitrogens with zero attached hydrogens (tertiary/aromatic N) is 3. The smallest absolute Gasteiger partial charge is 0.274 e. The summed E-state index contributed by atoms with van der Waals surface area (Å²) in [4.78, 5) is 4.66. The van der Waals surface area contributed by atoms with Gasteiger partial charge in [-0.1, -0.05) is 42.5 Å². The summed E-state index contributed by atoms with van der Waals surface area (Å²) in [7, 11) is -6.66. The molecule has 1 unspecified atom stereocenters. The molecule has 3 aromatic carbocycles. The Morgan fingerprint density at radius 1 is 1.00 bits per heavy atom. The number of aromatic nitrogens is 3. The third kappa shape index (κ3) is 5.77. The number of nitrogens with one attached hydrogen (secondary N) is 1. The fourth-order valence-corrected chi connectivity index (χ4v) is 7.73. The van der Waals surface area contributed by atoms with Crippen molar-refractivity contribution >= 4 is 41.6 Å². The molecule has 2 aromatic heterocycles. The largest absolute Gasteiger partial charge is 0.421 e. The van der Waals surface area contributed by atoms with Crippen LogP contribution in [-0.2, 0) is 42.7 Å². The SMILES string of the molecule is COCc1ccc(-c2ccc3nc(C(c4ccc(F)cc4)(c4nnc(CNS(N)(=O)=O)o4)S(C)(=O)=O)sc3c2)cc1. The van der Waals surface area contributed by atoms with Crippen molar-refractivity contribution in [2.24, 2.45) is 5.14 Å². The van der Waals surface area contributed by atoms with Gasteiger partial charge in [0.2, 0.25) is 16.5 Å². The van der Waals surface area contributed by atoms with Crippen LogP contribution in [0.3, 0.4) is 0 Å². The zero-order valence-electron chi connectivity index (χ0n) is 21.7. The van der Waals surface area contributed by atoms with E-state index in [2.05, 4.69) is 15.2 Å². The van der Waals surface area contributed by atoms with Crippen LogP contribution >= 0.6 is 11.3 Å². The Bertz CT molecular complexity index is 1920. The average Bonchev–Trinajstić information content (AvgIpc) is 3.56. The van der Waals surface area contributed by atoms with Gasteiger partial charge in [-0.2, -0.15) is 13.1 Å². The minimum absolute atomic E-state index is 0.0869. The second-order valence-electron chi connectivity index (χ2n) is 9.16. The van der Waals surface area contributed by atoms with Gasteiger partial charge >= 0.3 is 0 Å². The van der Waals surface area contributed by atoms with E-state index in [0.717, 1.165) is 46.4 Å². The van der Waals surface area contributed by atoms with Crippen LogP contribution in [-0.4, -0.2) is 45.4 Å². The van der Waals surface area contributed by atoms with Gasteiger partial charge in [0, 0.05) is 13.4 Å². The van der Waals surface area contributed by atoms with E-state index in [-0.39, 0.29) is 22.4 Å². The van der Waals surface area contributed by atoms with Gasteiger partial charge in [-0.15, -0.1) is 21.5 Å². The molecule has 0 aliphatic carbocycles. The molecule has 0 bridgehead atoms. The van der Waals surface area contributed by atoms with Crippen LogP contribution in [0.1, 0.15) is 27.9 Å². The van der Waals surface area contributed by atoms with Crippen molar-refractivity contribution in [2.75, 3.05) is 13.4 Å². The van der Waals surface area contributed by atoms with Crippen LogP contribution < -0.4 is 9.86 Å². The van der Waals surface area contributed by atoms with Gasteiger partial charge < -0.3 is 9.15 Å². The molecule has 1 atom stereocenters. The van der Waals surface area contributed by atoms with Crippen molar-refractivity contribution in [1.82, 2.24) is 19.9 Å². The van der Waals surface area contributed by atoms with Crippen molar-refractivity contribution < 1.29 is 30.4 Å². The summed E-state index contributed by atoms with van der Waals surface area (Å²) in [6, 6.07) is 18.3. The number of benzene rings is 3. The highest BCUT2D eigenvalue weighted by atomic mass is 32.2. The van der Waals surface area contributed by atoms with E-state index in [1.54, 1.807) is 13.2 Å².